The van der Waals surface area contributed by atoms with E-state index in [-0.39, 0.29) is 11.4 Å². The van der Waals surface area contributed by atoms with Crippen LogP contribution in [0.25, 0.3) is 27.6 Å². The number of H-pyrrole nitrogens is 1. The minimum atomic E-state index is -0.278. The number of hydrogen-bond donors (Lipinski definition) is 1. The Bertz CT molecular complexity index is 1430. The molecule has 0 saturated carbocycles. The molecule has 0 aliphatic carbocycles. The first-order valence-electron chi connectivity index (χ1n) is 9.27. The van der Waals surface area contributed by atoms with Crippen LogP contribution in [0.15, 0.2) is 82.7 Å². The normalized spacial score (nSPS) is 11.4. The molecule has 0 aliphatic rings. The van der Waals surface area contributed by atoms with E-state index in [1.165, 1.54) is 23.9 Å². The van der Waals surface area contributed by atoms with Crippen molar-refractivity contribution < 1.29 is 4.39 Å². The van der Waals surface area contributed by atoms with E-state index >= 15 is 0 Å². The Kier molecular flexibility index (Phi) is 4.81. The van der Waals surface area contributed by atoms with Crippen molar-refractivity contribution in [2.24, 2.45) is 0 Å². The summed E-state index contributed by atoms with van der Waals surface area (Å²) in [7, 11) is 0. The fourth-order valence-electron chi connectivity index (χ4n) is 3.39. The smallest absolute Gasteiger partial charge is 0.283 e. The third kappa shape index (κ3) is 3.38. The summed E-state index contributed by atoms with van der Waals surface area (Å²) in [6, 6.07) is 21.1. The number of aromatic amines is 1. The van der Waals surface area contributed by atoms with Crippen molar-refractivity contribution in [2.45, 2.75) is 10.9 Å². The highest BCUT2D eigenvalue weighted by molar-refractivity contribution is 7.98. The molecule has 3 aromatic carbocycles. The van der Waals surface area contributed by atoms with Gasteiger partial charge in [0.25, 0.3) is 5.56 Å². The molecule has 2 aromatic heterocycles. The maximum Gasteiger partial charge on any atom is 0.283 e. The molecule has 0 aliphatic heterocycles. The first-order chi connectivity index (χ1) is 14.6. The molecule has 5 rings (SSSR count). The highest BCUT2D eigenvalue weighted by atomic mass is 35.5. The van der Waals surface area contributed by atoms with Crippen molar-refractivity contribution in [1.82, 2.24) is 14.5 Å². The molecule has 0 amide bonds. The second kappa shape index (κ2) is 7.63. The number of nitrogens with one attached hydrogen (secondary N) is 1. The lowest BCUT2D eigenvalue weighted by molar-refractivity contribution is 0.627. The molecule has 0 saturated heterocycles. The molecule has 0 atom stereocenters. The van der Waals surface area contributed by atoms with Gasteiger partial charge in [0.05, 0.1) is 5.69 Å². The number of benzene rings is 3. The van der Waals surface area contributed by atoms with Crippen LogP contribution in [-0.2, 0) is 5.75 Å². The topological polar surface area (TPSA) is 50.7 Å². The fourth-order valence-corrected chi connectivity index (χ4v) is 4.47. The highest BCUT2D eigenvalue weighted by Crippen LogP contribution is 2.28. The molecule has 0 radical (unpaired) electrons. The zero-order valence-corrected chi connectivity index (χ0v) is 17.2. The van der Waals surface area contributed by atoms with Crippen LogP contribution in [0.1, 0.15) is 5.56 Å². The van der Waals surface area contributed by atoms with Crippen LogP contribution in [0.5, 0.6) is 0 Å². The lowest BCUT2D eigenvalue weighted by Gasteiger charge is -2.12. The van der Waals surface area contributed by atoms with Gasteiger partial charge < -0.3 is 4.98 Å². The van der Waals surface area contributed by atoms with Crippen molar-refractivity contribution in [3.05, 3.63) is 99.6 Å². The van der Waals surface area contributed by atoms with Crippen LogP contribution in [0.3, 0.4) is 0 Å². The molecule has 1 N–H and O–H groups in total. The van der Waals surface area contributed by atoms with Gasteiger partial charge in [-0.05, 0) is 48.0 Å². The van der Waals surface area contributed by atoms with Gasteiger partial charge in [-0.3, -0.25) is 9.36 Å². The zero-order chi connectivity index (χ0) is 20.7. The molecule has 0 spiro atoms. The van der Waals surface area contributed by atoms with Gasteiger partial charge in [0.2, 0.25) is 0 Å². The molecular formula is C23H15ClFN3OS. The van der Waals surface area contributed by atoms with E-state index in [0.717, 1.165) is 16.5 Å². The van der Waals surface area contributed by atoms with Gasteiger partial charge in [0.1, 0.15) is 16.9 Å². The van der Waals surface area contributed by atoms with E-state index in [9.17, 15) is 9.18 Å². The van der Waals surface area contributed by atoms with E-state index < -0.39 is 0 Å². The summed E-state index contributed by atoms with van der Waals surface area (Å²) in [6.45, 7) is 0. The van der Waals surface area contributed by atoms with Crippen LogP contribution < -0.4 is 5.56 Å². The van der Waals surface area contributed by atoms with Crippen molar-refractivity contribution in [1.29, 1.82) is 0 Å². The monoisotopic (exact) mass is 435 g/mol. The zero-order valence-electron chi connectivity index (χ0n) is 15.6. The van der Waals surface area contributed by atoms with E-state index in [4.69, 9.17) is 16.6 Å². The molecular weight excluding hydrogens is 421 g/mol. The Morgan fingerprint density at radius 3 is 2.50 bits per heavy atom. The van der Waals surface area contributed by atoms with Gasteiger partial charge in [-0.2, -0.15) is 0 Å². The molecule has 5 aromatic rings. The third-order valence-electron chi connectivity index (χ3n) is 4.86. The van der Waals surface area contributed by atoms with Crippen LogP contribution in [0.2, 0.25) is 5.02 Å². The van der Waals surface area contributed by atoms with Crippen LogP contribution in [0.4, 0.5) is 4.39 Å². The molecule has 0 unspecified atom stereocenters. The Morgan fingerprint density at radius 2 is 1.73 bits per heavy atom. The Balaban J connectivity index is 1.69. The minimum Gasteiger partial charge on any atom is -0.349 e. The lowest BCUT2D eigenvalue weighted by Crippen LogP contribution is -2.21. The number of hydrogen-bond acceptors (Lipinski definition) is 3. The van der Waals surface area contributed by atoms with Crippen molar-refractivity contribution in [2.75, 3.05) is 0 Å². The standard InChI is InChI=1S/C23H15ClFN3OS/c24-15-7-11-17(12-8-15)28-22(29)21-20(18-3-1-2-4-19(18)26-21)27-23(28)30-13-14-5-9-16(25)10-6-14/h1-12,26H,13H2. The summed E-state index contributed by atoms with van der Waals surface area (Å²) in [5.74, 6) is 0.272. The van der Waals surface area contributed by atoms with Crippen LogP contribution in [-0.4, -0.2) is 14.5 Å². The largest absolute Gasteiger partial charge is 0.349 e. The van der Waals surface area contributed by atoms with Crippen molar-refractivity contribution in [3.63, 3.8) is 0 Å². The average Bonchev–Trinajstić information content (AvgIpc) is 3.13. The minimum absolute atomic E-state index is 0.180. The molecule has 4 nitrogen and oxygen atoms in total. The molecule has 0 fully saturated rings. The summed E-state index contributed by atoms with van der Waals surface area (Å²) >= 11 is 7.46. The SMILES string of the molecule is O=c1c2[nH]c3ccccc3c2nc(SCc2ccc(F)cc2)n1-c1ccc(Cl)cc1. The Hall–Kier alpha value is -3.09. The Morgan fingerprint density at radius 1 is 1.00 bits per heavy atom. The molecule has 2 heterocycles. The van der Waals surface area contributed by atoms with Gasteiger partial charge in [0.15, 0.2) is 5.16 Å². The number of thioether (sulfide) groups is 1. The maximum atomic E-state index is 13.5. The third-order valence-corrected chi connectivity index (χ3v) is 6.12. The number of rotatable bonds is 4. The van der Waals surface area contributed by atoms with E-state index in [0.29, 0.717) is 32.7 Å². The maximum absolute atomic E-state index is 13.5. The fraction of sp³-hybridized carbons (Fsp3) is 0.0435. The Labute approximate surface area is 180 Å². The second-order valence-corrected chi connectivity index (χ2v) is 8.20. The predicted molar refractivity (Wildman–Crippen MR) is 120 cm³/mol. The van der Waals surface area contributed by atoms with Gasteiger partial charge in [-0.1, -0.05) is 53.7 Å². The number of para-hydroxylation sites is 1. The van der Waals surface area contributed by atoms with Crippen molar-refractivity contribution in [3.8, 4) is 5.69 Å². The first kappa shape index (κ1) is 18.9. The number of nitrogens with zero attached hydrogens (tertiary/aromatic N) is 2. The summed E-state index contributed by atoms with van der Waals surface area (Å²) < 4.78 is 14.8. The average molecular weight is 436 g/mol. The summed E-state index contributed by atoms with van der Waals surface area (Å²) in [5.41, 5.74) is 3.40. The van der Waals surface area contributed by atoms with Gasteiger partial charge in [-0.15, -0.1) is 0 Å². The molecule has 0 bridgehead atoms. The molecule has 30 heavy (non-hydrogen) atoms. The highest BCUT2D eigenvalue weighted by Gasteiger charge is 2.17. The van der Waals surface area contributed by atoms with E-state index in [1.807, 2.05) is 24.3 Å². The van der Waals surface area contributed by atoms with E-state index in [1.54, 1.807) is 41.0 Å². The van der Waals surface area contributed by atoms with Gasteiger partial charge >= 0.3 is 0 Å². The molecule has 148 valence electrons. The first-order valence-corrected chi connectivity index (χ1v) is 10.6. The van der Waals surface area contributed by atoms with E-state index in [2.05, 4.69) is 4.98 Å². The quantitative estimate of drug-likeness (QED) is 0.280. The number of fused-ring (bicyclic) bond motifs is 3. The molecule has 7 heteroatoms. The van der Waals surface area contributed by atoms with Gasteiger partial charge in [-0.25, -0.2) is 9.37 Å². The lowest BCUT2D eigenvalue weighted by atomic mass is 10.2. The van der Waals surface area contributed by atoms with Crippen molar-refractivity contribution >= 4 is 45.3 Å². The summed E-state index contributed by atoms with van der Waals surface area (Å²) in [6.07, 6.45) is 0. The van der Waals surface area contributed by atoms with Crippen LogP contribution >= 0.6 is 23.4 Å². The summed E-state index contributed by atoms with van der Waals surface area (Å²) in [4.78, 5) is 21.5. The van der Waals surface area contributed by atoms with Gasteiger partial charge in [0, 0.05) is 21.7 Å². The summed E-state index contributed by atoms with van der Waals surface area (Å²) in [5, 5.41) is 2.05. The number of halogens is 2. The van der Waals surface area contributed by atoms with Crippen LogP contribution in [0, 0.1) is 5.82 Å². The predicted octanol–water partition coefficient (Wildman–Crippen LogP) is 5.95. The number of aromatic nitrogens is 3. The second-order valence-electron chi connectivity index (χ2n) is 6.82.